The number of anilines is 1. The first-order chi connectivity index (χ1) is 15.7. The quantitative estimate of drug-likeness (QED) is 0.606. The number of nitrogens with one attached hydrogen (secondary N) is 1. The maximum Gasteiger partial charge on any atom is 0.251 e. The highest BCUT2D eigenvalue weighted by molar-refractivity contribution is 5.94. The van der Waals surface area contributed by atoms with Crippen LogP contribution in [0.2, 0.25) is 0 Å². The van der Waals surface area contributed by atoms with Crippen LogP contribution in [0, 0.1) is 0 Å². The number of amides is 1. The average Bonchev–Trinajstić information content (AvgIpc) is 2.88. The molecule has 7 heteroatoms. The van der Waals surface area contributed by atoms with Gasteiger partial charge in [-0.15, -0.1) is 0 Å². The Kier molecular flexibility index (Phi) is 6.84. The summed E-state index contributed by atoms with van der Waals surface area (Å²) in [5.74, 6) is 2.03. The standard InChI is InChI=1S/C25H28N4O3/c1-31-22-11-10-20(23(14-22)32-2)15-26-24(30)19-8-6-18(7-9-19)21-16-27-25(28-17-21)29-12-4-3-5-13-29/h6-11,14,16-17H,3-5,12-13,15H2,1-2H3,(H,26,30). The number of carbonyl (C=O) groups is 1. The first-order valence-corrected chi connectivity index (χ1v) is 10.8. The summed E-state index contributed by atoms with van der Waals surface area (Å²) in [4.78, 5) is 23.9. The van der Waals surface area contributed by atoms with Gasteiger partial charge in [-0.2, -0.15) is 0 Å². The van der Waals surface area contributed by atoms with Crippen molar-refractivity contribution in [3.63, 3.8) is 0 Å². The minimum Gasteiger partial charge on any atom is -0.497 e. The van der Waals surface area contributed by atoms with E-state index in [0.717, 1.165) is 35.7 Å². The van der Waals surface area contributed by atoms with E-state index in [-0.39, 0.29) is 5.91 Å². The van der Waals surface area contributed by atoms with Crippen LogP contribution in [-0.2, 0) is 6.54 Å². The first kappa shape index (κ1) is 21.6. The van der Waals surface area contributed by atoms with Crippen LogP contribution in [0.25, 0.3) is 11.1 Å². The molecule has 0 atom stereocenters. The van der Waals surface area contributed by atoms with E-state index in [2.05, 4.69) is 20.2 Å². The Morgan fingerprint density at radius 2 is 1.66 bits per heavy atom. The second-order valence-electron chi connectivity index (χ2n) is 7.76. The summed E-state index contributed by atoms with van der Waals surface area (Å²) in [6.07, 6.45) is 7.37. The van der Waals surface area contributed by atoms with Crippen molar-refractivity contribution in [2.75, 3.05) is 32.2 Å². The van der Waals surface area contributed by atoms with Gasteiger partial charge in [0, 0.05) is 54.8 Å². The smallest absolute Gasteiger partial charge is 0.251 e. The molecule has 4 rings (SSSR count). The molecular weight excluding hydrogens is 404 g/mol. The lowest BCUT2D eigenvalue weighted by atomic mass is 10.1. The summed E-state index contributed by atoms with van der Waals surface area (Å²) in [5.41, 5.74) is 3.38. The van der Waals surface area contributed by atoms with Gasteiger partial charge in [0.15, 0.2) is 0 Å². The lowest BCUT2D eigenvalue weighted by Crippen LogP contribution is -2.30. The largest absolute Gasteiger partial charge is 0.497 e. The van der Waals surface area contributed by atoms with Crippen molar-refractivity contribution < 1.29 is 14.3 Å². The Morgan fingerprint density at radius 3 is 2.31 bits per heavy atom. The molecular formula is C25H28N4O3. The number of benzene rings is 2. The van der Waals surface area contributed by atoms with E-state index in [0.29, 0.717) is 23.6 Å². The number of nitrogens with zero attached hydrogens (tertiary/aromatic N) is 3. The molecule has 2 heterocycles. The lowest BCUT2D eigenvalue weighted by Gasteiger charge is -2.26. The topological polar surface area (TPSA) is 76.6 Å². The Hall–Kier alpha value is -3.61. The monoisotopic (exact) mass is 432 g/mol. The molecule has 1 N–H and O–H groups in total. The predicted molar refractivity (Wildman–Crippen MR) is 124 cm³/mol. The number of aromatic nitrogens is 2. The van der Waals surface area contributed by atoms with Crippen molar-refractivity contribution in [3.05, 3.63) is 66.0 Å². The molecule has 1 amide bonds. The van der Waals surface area contributed by atoms with Crippen LogP contribution in [0.15, 0.2) is 54.9 Å². The lowest BCUT2D eigenvalue weighted by molar-refractivity contribution is 0.0950. The van der Waals surface area contributed by atoms with E-state index in [9.17, 15) is 4.79 Å². The Labute approximate surface area is 188 Å². The molecule has 7 nitrogen and oxygen atoms in total. The third-order valence-electron chi connectivity index (χ3n) is 5.69. The molecule has 0 aliphatic carbocycles. The maximum absolute atomic E-state index is 12.6. The zero-order valence-electron chi connectivity index (χ0n) is 18.5. The van der Waals surface area contributed by atoms with Crippen LogP contribution in [0.4, 0.5) is 5.95 Å². The fourth-order valence-electron chi connectivity index (χ4n) is 3.82. The predicted octanol–water partition coefficient (Wildman–Crippen LogP) is 4.08. The highest BCUT2D eigenvalue weighted by Gasteiger charge is 2.14. The van der Waals surface area contributed by atoms with E-state index in [4.69, 9.17) is 9.47 Å². The third kappa shape index (κ3) is 4.99. The Balaban J connectivity index is 1.38. The maximum atomic E-state index is 12.6. The van der Waals surface area contributed by atoms with Crippen molar-refractivity contribution in [1.29, 1.82) is 0 Å². The zero-order chi connectivity index (χ0) is 22.3. The van der Waals surface area contributed by atoms with Gasteiger partial charge in [-0.1, -0.05) is 12.1 Å². The molecule has 0 radical (unpaired) electrons. The van der Waals surface area contributed by atoms with E-state index in [1.165, 1.54) is 19.3 Å². The molecule has 0 saturated carbocycles. The average molecular weight is 433 g/mol. The zero-order valence-corrected chi connectivity index (χ0v) is 18.5. The number of ether oxygens (including phenoxy) is 2. The number of piperidine rings is 1. The minimum atomic E-state index is -0.147. The molecule has 1 aliphatic rings. The molecule has 166 valence electrons. The summed E-state index contributed by atoms with van der Waals surface area (Å²) in [7, 11) is 3.21. The normalized spacial score (nSPS) is 13.5. The second-order valence-corrected chi connectivity index (χ2v) is 7.76. The Bertz CT molecular complexity index is 1050. The second kappa shape index (κ2) is 10.1. The number of hydrogen-bond donors (Lipinski definition) is 1. The fraction of sp³-hybridized carbons (Fsp3) is 0.320. The molecule has 3 aromatic rings. The van der Waals surface area contributed by atoms with E-state index in [1.54, 1.807) is 20.3 Å². The molecule has 0 spiro atoms. The molecule has 1 saturated heterocycles. The third-order valence-corrected chi connectivity index (χ3v) is 5.69. The van der Waals surface area contributed by atoms with Crippen molar-refractivity contribution in [3.8, 4) is 22.6 Å². The van der Waals surface area contributed by atoms with Crippen LogP contribution in [0.3, 0.4) is 0 Å². The first-order valence-electron chi connectivity index (χ1n) is 10.8. The number of hydrogen-bond acceptors (Lipinski definition) is 6. The van der Waals surface area contributed by atoms with Gasteiger partial charge in [0.05, 0.1) is 14.2 Å². The SMILES string of the molecule is COc1ccc(CNC(=O)c2ccc(-c3cnc(N4CCCCC4)nc3)cc2)c(OC)c1. The van der Waals surface area contributed by atoms with Crippen LogP contribution < -0.4 is 19.7 Å². The van der Waals surface area contributed by atoms with Crippen molar-refractivity contribution >= 4 is 11.9 Å². The summed E-state index contributed by atoms with van der Waals surface area (Å²) >= 11 is 0. The van der Waals surface area contributed by atoms with Crippen LogP contribution in [0.5, 0.6) is 11.5 Å². The van der Waals surface area contributed by atoms with Crippen LogP contribution in [-0.4, -0.2) is 43.2 Å². The summed E-state index contributed by atoms with van der Waals surface area (Å²) in [6, 6.07) is 13.0. The van der Waals surface area contributed by atoms with Crippen molar-refractivity contribution in [2.45, 2.75) is 25.8 Å². The highest BCUT2D eigenvalue weighted by atomic mass is 16.5. The number of carbonyl (C=O) groups excluding carboxylic acids is 1. The molecule has 0 unspecified atom stereocenters. The van der Waals surface area contributed by atoms with Crippen molar-refractivity contribution in [2.24, 2.45) is 0 Å². The van der Waals surface area contributed by atoms with Crippen LogP contribution >= 0.6 is 0 Å². The Morgan fingerprint density at radius 1 is 0.938 bits per heavy atom. The summed E-state index contributed by atoms with van der Waals surface area (Å²) in [5, 5.41) is 2.94. The van der Waals surface area contributed by atoms with E-state index < -0.39 is 0 Å². The van der Waals surface area contributed by atoms with Gasteiger partial charge in [-0.25, -0.2) is 9.97 Å². The number of methoxy groups -OCH3 is 2. The van der Waals surface area contributed by atoms with Gasteiger partial charge in [0.1, 0.15) is 11.5 Å². The minimum absolute atomic E-state index is 0.147. The molecule has 32 heavy (non-hydrogen) atoms. The summed E-state index contributed by atoms with van der Waals surface area (Å²) in [6.45, 7) is 2.40. The summed E-state index contributed by atoms with van der Waals surface area (Å²) < 4.78 is 10.6. The highest BCUT2D eigenvalue weighted by Crippen LogP contribution is 2.25. The van der Waals surface area contributed by atoms with Gasteiger partial charge in [-0.05, 0) is 49.1 Å². The number of rotatable bonds is 7. The van der Waals surface area contributed by atoms with E-state index >= 15 is 0 Å². The van der Waals surface area contributed by atoms with Gasteiger partial charge < -0.3 is 19.7 Å². The van der Waals surface area contributed by atoms with Gasteiger partial charge in [0.2, 0.25) is 5.95 Å². The molecule has 1 aromatic heterocycles. The van der Waals surface area contributed by atoms with Crippen molar-refractivity contribution in [1.82, 2.24) is 15.3 Å². The van der Waals surface area contributed by atoms with Gasteiger partial charge in [-0.3, -0.25) is 4.79 Å². The molecule has 2 aromatic carbocycles. The molecule has 1 fully saturated rings. The molecule has 1 aliphatic heterocycles. The van der Waals surface area contributed by atoms with Gasteiger partial charge in [0.25, 0.3) is 5.91 Å². The fourth-order valence-corrected chi connectivity index (χ4v) is 3.82. The van der Waals surface area contributed by atoms with Crippen LogP contribution in [0.1, 0.15) is 35.2 Å². The molecule has 0 bridgehead atoms. The van der Waals surface area contributed by atoms with E-state index in [1.807, 2.05) is 48.8 Å². The van der Waals surface area contributed by atoms with Gasteiger partial charge >= 0.3 is 0 Å².